The zero-order valence-electron chi connectivity index (χ0n) is 11.9. The number of rotatable bonds is 3. The lowest BCUT2D eigenvalue weighted by Crippen LogP contribution is -2.51. The first-order valence-electron chi connectivity index (χ1n) is 6.52. The van der Waals surface area contributed by atoms with Crippen LogP contribution in [-0.4, -0.2) is 45.9 Å². The Morgan fingerprint density at radius 1 is 1.57 bits per heavy atom. The largest absolute Gasteiger partial charge is 0.409 e. The van der Waals surface area contributed by atoms with Crippen LogP contribution in [0, 0.1) is 6.92 Å². The van der Waals surface area contributed by atoms with Crippen molar-refractivity contribution in [2.75, 3.05) is 19.3 Å². The molecule has 0 spiro atoms. The standard InChI is InChI=1S/C13H18BrN3O2S2/c1-8-7-9(21-10(8)14)11(18)17-5-3-13(20-2,4-6-17)12(15)16-19/h7,19H,3-6H2,1-2H3,(H2,15,16). The highest BCUT2D eigenvalue weighted by Crippen LogP contribution is 2.36. The number of nitrogens with two attached hydrogens (primary N) is 1. The van der Waals surface area contributed by atoms with Gasteiger partial charge in [0.15, 0.2) is 5.84 Å². The van der Waals surface area contributed by atoms with Crippen LogP contribution < -0.4 is 5.73 Å². The summed E-state index contributed by atoms with van der Waals surface area (Å²) in [6, 6.07) is 1.91. The monoisotopic (exact) mass is 391 g/mol. The zero-order valence-corrected chi connectivity index (χ0v) is 15.1. The summed E-state index contributed by atoms with van der Waals surface area (Å²) in [7, 11) is 0. The van der Waals surface area contributed by atoms with Crippen molar-refractivity contribution in [3.05, 3.63) is 20.3 Å². The predicted molar refractivity (Wildman–Crippen MR) is 91.5 cm³/mol. The highest BCUT2D eigenvalue weighted by atomic mass is 79.9. The Bertz CT molecular complexity index is 546. The van der Waals surface area contributed by atoms with Crippen LogP contribution in [0.1, 0.15) is 28.1 Å². The number of carbonyl (C=O) groups is 1. The highest BCUT2D eigenvalue weighted by Gasteiger charge is 2.39. The average Bonchev–Trinajstić information content (AvgIpc) is 2.85. The Balaban J connectivity index is 2.08. The van der Waals surface area contributed by atoms with Crippen molar-refractivity contribution < 1.29 is 10.0 Å². The fourth-order valence-corrected chi connectivity index (χ4v) is 4.79. The van der Waals surface area contributed by atoms with E-state index in [4.69, 9.17) is 10.9 Å². The molecule has 1 aromatic rings. The fourth-order valence-electron chi connectivity index (χ4n) is 2.45. The number of thiophene rings is 1. The summed E-state index contributed by atoms with van der Waals surface area (Å²) >= 11 is 6.50. The van der Waals surface area contributed by atoms with Crippen molar-refractivity contribution in [2.24, 2.45) is 10.9 Å². The Kier molecular flexibility index (Phi) is 5.21. The molecule has 0 atom stereocenters. The number of nitrogens with zero attached hydrogens (tertiary/aromatic N) is 2. The summed E-state index contributed by atoms with van der Waals surface area (Å²) in [4.78, 5) is 15.1. The molecule has 1 aliphatic heterocycles. The number of amidine groups is 1. The van der Waals surface area contributed by atoms with Gasteiger partial charge in [0.05, 0.1) is 13.4 Å². The van der Waals surface area contributed by atoms with Gasteiger partial charge in [-0.25, -0.2) is 0 Å². The molecule has 1 amide bonds. The molecule has 0 radical (unpaired) electrons. The lowest BCUT2D eigenvalue weighted by Gasteiger charge is -2.39. The maximum Gasteiger partial charge on any atom is 0.263 e. The second-order valence-electron chi connectivity index (χ2n) is 5.04. The van der Waals surface area contributed by atoms with Crippen molar-refractivity contribution in [1.29, 1.82) is 0 Å². The molecule has 3 N–H and O–H groups in total. The molecule has 5 nitrogen and oxygen atoms in total. The van der Waals surface area contributed by atoms with Crippen molar-refractivity contribution >= 4 is 50.8 Å². The third-order valence-corrected chi connectivity index (χ3v) is 7.42. The van der Waals surface area contributed by atoms with E-state index < -0.39 is 0 Å². The lowest BCUT2D eigenvalue weighted by atomic mass is 9.94. The SMILES string of the molecule is CSC1(C(N)=NO)CCN(C(=O)c2cc(C)c(Br)s2)CC1. The van der Waals surface area contributed by atoms with Crippen LogP contribution in [-0.2, 0) is 0 Å². The minimum Gasteiger partial charge on any atom is -0.409 e. The second kappa shape index (κ2) is 6.58. The van der Waals surface area contributed by atoms with E-state index in [1.807, 2.05) is 24.1 Å². The van der Waals surface area contributed by atoms with Crippen LogP contribution in [0.4, 0.5) is 0 Å². The number of hydrogen-bond donors (Lipinski definition) is 2. The van der Waals surface area contributed by atoms with Crippen LogP contribution in [0.25, 0.3) is 0 Å². The number of thioether (sulfide) groups is 1. The Morgan fingerprint density at radius 2 is 2.19 bits per heavy atom. The van der Waals surface area contributed by atoms with Crippen molar-refractivity contribution in [3.8, 4) is 0 Å². The van der Waals surface area contributed by atoms with Gasteiger partial charge in [0.25, 0.3) is 5.91 Å². The number of hydrogen-bond acceptors (Lipinski definition) is 5. The molecule has 0 saturated carbocycles. The van der Waals surface area contributed by atoms with E-state index in [2.05, 4.69) is 21.1 Å². The number of amides is 1. The van der Waals surface area contributed by atoms with Gasteiger partial charge in [0, 0.05) is 13.1 Å². The highest BCUT2D eigenvalue weighted by molar-refractivity contribution is 9.11. The molecule has 0 bridgehead atoms. The Hall–Kier alpha value is -0.730. The van der Waals surface area contributed by atoms with E-state index in [0.29, 0.717) is 25.9 Å². The van der Waals surface area contributed by atoms with Crippen molar-refractivity contribution in [3.63, 3.8) is 0 Å². The molecule has 2 rings (SSSR count). The quantitative estimate of drug-likeness (QED) is 0.359. The number of piperidine rings is 1. The molecule has 8 heteroatoms. The van der Waals surface area contributed by atoms with E-state index in [0.717, 1.165) is 14.2 Å². The summed E-state index contributed by atoms with van der Waals surface area (Å²) in [5.41, 5.74) is 6.90. The topological polar surface area (TPSA) is 78.9 Å². The van der Waals surface area contributed by atoms with Gasteiger partial charge in [-0.3, -0.25) is 4.79 Å². The Morgan fingerprint density at radius 3 is 2.62 bits per heavy atom. The number of oxime groups is 1. The van der Waals surface area contributed by atoms with E-state index in [1.165, 1.54) is 11.3 Å². The summed E-state index contributed by atoms with van der Waals surface area (Å²) in [6.45, 7) is 3.21. The summed E-state index contributed by atoms with van der Waals surface area (Å²) in [6.07, 6.45) is 3.35. The van der Waals surface area contributed by atoms with E-state index in [9.17, 15) is 4.79 Å². The second-order valence-corrected chi connectivity index (χ2v) is 8.60. The van der Waals surface area contributed by atoms with Gasteiger partial charge < -0.3 is 15.8 Å². The molecular weight excluding hydrogens is 374 g/mol. The number of aryl methyl sites for hydroxylation is 1. The minimum absolute atomic E-state index is 0.0583. The molecule has 1 aromatic heterocycles. The van der Waals surface area contributed by atoms with Gasteiger partial charge in [0.2, 0.25) is 0 Å². The Labute approximate surface area is 140 Å². The smallest absolute Gasteiger partial charge is 0.263 e. The van der Waals surface area contributed by atoms with Crippen LogP contribution >= 0.6 is 39.0 Å². The molecule has 116 valence electrons. The maximum absolute atomic E-state index is 12.5. The third-order valence-electron chi connectivity index (χ3n) is 3.89. The van der Waals surface area contributed by atoms with Crippen molar-refractivity contribution in [2.45, 2.75) is 24.5 Å². The number of likely N-dealkylation sites (tertiary alicyclic amines) is 1. The molecule has 1 saturated heterocycles. The predicted octanol–water partition coefficient (Wildman–Crippen LogP) is 2.90. The summed E-state index contributed by atoms with van der Waals surface area (Å²) in [5.74, 6) is 0.305. The van der Waals surface area contributed by atoms with Crippen LogP contribution in [0.2, 0.25) is 0 Å². The van der Waals surface area contributed by atoms with Crippen LogP contribution in [0.15, 0.2) is 15.0 Å². The maximum atomic E-state index is 12.5. The van der Waals surface area contributed by atoms with Crippen molar-refractivity contribution in [1.82, 2.24) is 4.90 Å². The van der Waals surface area contributed by atoms with E-state index >= 15 is 0 Å². The number of halogens is 1. The molecule has 1 aliphatic rings. The fraction of sp³-hybridized carbons (Fsp3) is 0.538. The molecule has 0 aromatic carbocycles. The summed E-state index contributed by atoms with van der Waals surface area (Å²) in [5, 5.41) is 12.1. The number of carbonyl (C=O) groups excluding carboxylic acids is 1. The molecule has 21 heavy (non-hydrogen) atoms. The molecular formula is C13H18BrN3O2S2. The lowest BCUT2D eigenvalue weighted by molar-refractivity contribution is 0.0722. The molecule has 0 unspecified atom stereocenters. The van der Waals surface area contributed by atoms with Gasteiger partial charge in [-0.05, 0) is 53.6 Å². The van der Waals surface area contributed by atoms with E-state index in [-0.39, 0.29) is 16.5 Å². The van der Waals surface area contributed by atoms with Crippen LogP contribution in [0.3, 0.4) is 0 Å². The van der Waals surface area contributed by atoms with Gasteiger partial charge in [-0.15, -0.1) is 11.3 Å². The molecule has 2 heterocycles. The average molecular weight is 392 g/mol. The van der Waals surface area contributed by atoms with Gasteiger partial charge in [0.1, 0.15) is 0 Å². The van der Waals surface area contributed by atoms with Gasteiger partial charge >= 0.3 is 0 Å². The van der Waals surface area contributed by atoms with Gasteiger partial charge in [-0.1, -0.05) is 5.16 Å². The molecule has 0 aliphatic carbocycles. The molecule has 1 fully saturated rings. The first-order chi connectivity index (χ1) is 9.93. The zero-order chi connectivity index (χ0) is 15.6. The summed E-state index contributed by atoms with van der Waals surface area (Å²) < 4.78 is 0.635. The van der Waals surface area contributed by atoms with Gasteiger partial charge in [-0.2, -0.15) is 11.8 Å². The first kappa shape index (κ1) is 16.6. The first-order valence-corrected chi connectivity index (χ1v) is 9.35. The van der Waals surface area contributed by atoms with E-state index in [1.54, 1.807) is 11.8 Å². The minimum atomic E-state index is -0.364. The van der Waals surface area contributed by atoms with Crippen LogP contribution in [0.5, 0.6) is 0 Å². The normalized spacial score (nSPS) is 18.8. The third kappa shape index (κ3) is 3.22.